The molecule has 0 amide bonds. The normalized spacial score (nSPS) is 14.8. The number of hydrogen-bond donors (Lipinski definition) is 0. The third-order valence-corrected chi connectivity index (χ3v) is 5.44. The van der Waals surface area contributed by atoms with E-state index in [1.54, 1.807) is 16.7 Å². The molecule has 1 aromatic carbocycles. The fraction of sp³-hybridized carbons (Fsp3) is 0.391. The van der Waals surface area contributed by atoms with Crippen molar-refractivity contribution in [3.05, 3.63) is 75.8 Å². The summed E-state index contributed by atoms with van der Waals surface area (Å²) in [6.45, 7) is 5.78. The topological polar surface area (TPSA) is 40.9 Å². The largest absolute Gasteiger partial charge is 0.371 e. The van der Waals surface area contributed by atoms with Gasteiger partial charge in [-0.15, -0.1) is 0 Å². The monoisotopic (exact) mass is 376 g/mol. The van der Waals surface area contributed by atoms with E-state index in [1.807, 2.05) is 19.1 Å². The first kappa shape index (κ1) is 18.7. The predicted octanol–water partition coefficient (Wildman–Crippen LogP) is 3.63. The number of fused-ring (bicyclic) bond motifs is 1. The van der Waals surface area contributed by atoms with Crippen molar-refractivity contribution in [1.29, 1.82) is 0 Å². The second-order valence-electron chi connectivity index (χ2n) is 7.87. The fourth-order valence-electron chi connectivity index (χ4n) is 4.05. The summed E-state index contributed by atoms with van der Waals surface area (Å²) in [5.41, 5.74) is 5.28. The Hall–Kier alpha value is -2.66. The lowest BCUT2D eigenvalue weighted by atomic mass is 10.1. The Kier molecular flexibility index (Phi) is 5.44. The predicted molar refractivity (Wildman–Crippen MR) is 114 cm³/mol. The Labute approximate surface area is 166 Å². The van der Waals surface area contributed by atoms with Crippen molar-refractivity contribution in [2.75, 3.05) is 25.0 Å². The van der Waals surface area contributed by atoms with Gasteiger partial charge in [-0.05, 0) is 62.6 Å². The van der Waals surface area contributed by atoms with E-state index in [2.05, 4.69) is 41.1 Å². The van der Waals surface area contributed by atoms with Crippen LogP contribution in [0.5, 0.6) is 0 Å². The van der Waals surface area contributed by atoms with Crippen LogP contribution in [-0.4, -0.2) is 34.4 Å². The van der Waals surface area contributed by atoms with Gasteiger partial charge in [-0.2, -0.15) is 0 Å². The number of anilines is 1. The van der Waals surface area contributed by atoms with Crippen LogP contribution >= 0.6 is 0 Å². The molecule has 1 aliphatic heterocycles. The van der Waals surface area contributed by atoms with Gasteiger partial charge in [0.05, 0.1) is 5.69 Å². The fourth-order valence-corrected chi connectivity index (χ4v) is 4.05. The quantitative estimate of drug-likeness (QED) is 0.682. The summed E-state index contributed by atoms with van der Waals surface area (Å²) in [7, 11) is 2.09. The standard InChI is InChI=1S/C23H28N4O/c1-18-10-13-27-22(14-18)24-20(15-23(27)28)17-25(2)16-19-8-4-5-9-21(19)26-11-6-3-7-12-26/h4-5,8-10,13-15H,3,6-7,11-12,16-17H2,1-2H3. The molecule has 0 saturated carbocycles. The average Bonchev–Trinajstić information content (AvgIpc) is 2.68. The second kappa shape index (κ2) is 8.15. The molecule has 2 aromatic heterocycles. The summed E-state index contributed by atoms with van der Waals surface area (Å²) in [5, 5.41) is 0. The molecule has 0 atom stereocenters. The Balaban J connectivity index is 1.53. The molecule has 1 saturated heterocycles. The number of piperidine rings is 1. The number of benzene rings is 1. The van der Waals surface area contributed by atoms with Crippen LogP contribution in [0.15, 0.2) is 53.5 Å². The van der Waals surface area contributed by atoms with E-state index in [0.29, 0.717) is 12.2 Å². The minimum atomic E-state index is -0.0258. The molecule has 3 heterocycles. The van der Waals surface area contributed by atoms with E-state index >= 15 is 0 Å². The van der Waals surface area contributed by atoms with Crippen molar-refractivity contribution in [2.45, 2.75) is 39.3 Å². The van der Waals surface area contributed by atoms with Gasteiger partial charge < -0.3 is 4.90 Å². The second-order valence-corrected chi connectivity index (χ2v) is 7.87. The van der Waals surface area contributed by atoms with Crippen LogP contribution in [0.3, 0.4) is 0 Å². The zero-order valence-corrected chi connectivity index (χ0v) is 16.8. The molecular weight excluding hydrogens is 348 g/mol. The summed E-state index contributed by atoms with van der Waals surface area (Å²) in [4.78, 5) is 21.9. The summed E-state index contributed by atoms with van der Waals surface area (Å²) in [5.74, 6) is 0. The molecule has 5 heteroatoms. The van der Waals surface area contributed by atoms with Crippen molar-refractivity contribution in [3.63, 3.8) is 0 Å². The van der Waals surface area contributed by atoms with Crippen molar-refractivity contribution in [2.24, 2.45) is 0 Å². The average molecular weight is 377 g/mol. The van der Waals surface area contributed by atoms with E-state index in [4.69, 9.17) is 4.98 Å². The first-order chi connectivity index (χ1) is 13.6. The third-order valence-electron chi connectivity index (χ3n) is 5.44. The van der Waals surface area contributed by atoms with E-state index < -0.39 is 0 Å². The molecule has 28 heavy (non-hydrogen) atoms. The van der Waals surface area contributed by atoms with Gasteiger partial charge in [0.15, 0.2) is 0 Å². The summed E-state index contributed by atoms with van der Waals surface area (Å²) in [6, 6.07) is 14.2. The molecule has 0 unspecified atom stereocenters. The highest BCUT2D eigenvalue weighted by atomic mass is 16.1. The van der Waals surface area contributed by atoms with Gasteiger partial charge in [-0.1, -0.05) is 18.2 Å². The van der Waals surface area contributed by atoms with Gasteiger partial charge in [0.25, 0.3) is 5.56 Å². The van der Waals surface area contributed by atoms with Gasteiger partial charge in [0.2, 0.25) is 0 Å². The summed E-state index contributed by atoms with van der Waals surface area (Å²) >= 11 is 0. The SMILES string of the molecule is Cc1ccn2c(=O)cc(CN(C)Cc3ccccc3N3CCCCC3)nc2c1. The summed E-state index contributed by atoms with van der Waals surface area (Å²) in [6.07, 6.45) is 5.67. The lowest BCUT2D eigenvalue weighted by Gasteiger charge is -2.31. The summed E-state index contributed by atoms with van der Waals surface area (Å²) < 4.78 is 1.60. The molecule has 1 aliphatic rings. The van der Waals surface area contributed by atoms with Crippen LogP contribution in [0.1, 0.15) is 36.1 Å². The minimum absolute atomic E-state index is 0.0258. The number of rotatable bonds is 5. The number of para-hydroxylation sites is 1. The van der Waals surface area contributed by atoms with Crippen molar-refractivity contribution in [1.82, 2.24) is 14.3 Å². The Bertz CT molecular complexity index is 1020. The van der Waals surface area contributed by atoms with Crippen LogP contribution in [-0.2, 0) is 13.1 Å². The molecule has 0 aliphatic carbocycles. The van der Waals surface area contributed by atoms with Crippen LogP contribution in [0, 0.1) is 6.92 Å². The maximum atomic E-state index is 12.4. The number of aryl methyl sites for hydroxylation is 1. The number of hydrogen-bond acceptors (Lipinski definition) is 4. The van der Waals surface area contributed by atoms with Gasteiger partial charge in [0.1, 0.15) is 5.65 Å². The third kappa shape index (κ3) is 4.09. The van der Waals surface area contributed by atoms with Gasteiger partial charge in [-0.25, -0.2) is 4.98 Å². The first-order valence-corrected chi connectivity index (χ1v) is 10.1. The van der Waals surface area contributed by atoms with Crippen LogP contribution in [0.2, 0.25) is 0 Å². The van der Waals surface area contributed by atoms with Crippen LogP contribution in [0.25, 0.3) is 5.65 Å². The maximum Gasteiger partial charge on any atom is 0.258 e. The van der Waals surface area contributed by atoms with Crippen molar-refractivity contribution in [3.8, 4) is 0 Å². The van der Waals surface area contributed by atoms with Crippen molar-refractivity contribution < 1.29 is 0 Å². The zero-order chi connectivity index (χ0) is 19.5. The van der Waals surface area contributed by atoms with E-state index in [0.717, 1.165) is 30.9 Å². The molecule has 4 rings (SSSR count). The number of pyridine rings is 1. The maximum absolute atomic E-state index is 12.4. The minimum Gasteiger partial charge on any atom is -0.371 e. The Morgan fingerprint density at radius 3 is 2.64 bits per heavy atom. The molecule has 0 N–H and O–H groups in total. The van der Waals surface area contributed by atoms with Gasteiger partial charge >= 0.3 is 0 Å². The molecule has 146 valence electrons. The molecule has 3 aromatic rings. The highest BCUT2D eigenvalue weighted by Gasteiger charge is 2.15. The number of aromatic nitrogens is 2. The van der Waals surface area contributed by atoms with Gasteiger partial charge in [0, 0.05) is 44.1 Å². The molecular formula is C23H28N4O. The molecule has 0 bridgehead atoms. The molecule has 1 fully saturated rings. The molecule has 0 spiro atoms. The highest BCUT2D eigenvalue weighted by Crippen LogP contribution is 2.25. The lowest BCUT2D eigenvalue weighted by molar-refractivity contribution is 0.315. The highest BCUT2D eigenvalue weighted by molar-refractivity contribution is 5.54. The van der Waals surface area contributed by atoms with Crippen LogP contribution in [0.4, 0.5) is 5.69 Å². The Morgan fingerprint density at radius 1 is 1.04 bits per heavy atom. The van der Waals surface area contributed by atoms with Crippen molar-refractivity contribution >= 4 is 11.3 Å². The zero-order valence-electron chi connectivity index (χ0n) is 16.8. The number of nitrogens with zero attached hydrogens (tertiary/aromatic N) is 4. The lowest BCUT2D eigenvalue weighted by Crippen LogP contribution is -2.31. The van der Waals surface area contributed by atoms with E-state index in [1.165, 1.54) is 30.5 Å². The van der Waals surface area contributed by atoms with E-state index in [9.17, 15) is 4.79 Å². The van der Waals surface area contributed by atoms with Gasteiger partial charge in [-0.3, -0.25) is 14.1 Å². The molecule has 0 radical (unpaired) electrons. The van der Waals surface area contributed by atoms with Crippen LogP contribution < -0.4 is 10.5 Å². The van der Waals surface area contributed by atoms with E-state index in [-0.39, 0.29) is 5.56 Å². The Morgan fingerprint density at radius 2 is 1.82 bits per heavy atom. The first-order valence-electron chi connectivity index (χ1n) is 10.1. The molecule has 5 nitrogen and oxygen atoms in total. The smallest absolute Gasteiger partial charge is 0.258 e.